The van der Waals surface area contributed by atoms with Gasteiger partial charge in [-0.25, -0.2) is 0 Å². The van der Waals surface area contributed by atoms with Crippen LogP contribution in [0.4, 0.5) is 5.69 Å². The van der Waals surface area contributed by atoms with E-state index in [1.54, 1.807) is 35.2 Å². The molecule has 7 nitrogen and oxygen atoms in total. The van der Waals surface area contributed by atoms with Crippen molar-refractivity contribution in [3.63, 3.8) is 0 Å². The third-order valence-corrected chi connectivity index (χ3v) is 6.26. The van der Waals surface area contributed by atoms with Gasteiger partial charge in [-0.15, -0.1) is 10.2 Å². The average Bonchev–Trinajstić information content (AvgIpc) is 3.52. The first kappa shape index (κ1) is 21.1. The number of hydrogen-bond donors (Lipinski definition) is 2. The SMILES string of the molecule is Cc1ccc(C(NC(=O)c2cccc(NC(=O)CSc3nncn3C)c2)C2CC2)cc1. The van der Waals surface area contributed by atoms with Gasteiger partial charge < -0.3 is 15.2 Å². The van der Waals surface area contributed by atoms with Crippen LogP contribution in [0.5, 0.6) is 0 Å². The molecule has 1 heterocycles. The molecule has 2 aromatic carbocycles. The molecule has 1 aromatic heterocycles. The molecule has 1 aliphatic carbocycles. The van der Waals surface area contributed by atoms with E-state index in [9.17, 15) is 9.59 Å². The van der Waals surface area contributed by atoms with Crippen molar-refractivity contribution in [2.24, 2.45) is 13.0 Å². The third kappa shape index (κ3) is 5.52. The maximum Gasteiger partial charge on any atom is 0.251 e. The fourth-order valence-electron chi connectivity index (χ4n) is 3.37. The Morgan fingerprint density at radius 1 is 1.19 bits per heavy atom. The summed E-state index contributed by atoms with van der Waals surface area (Å²) in [5.74, 6) is 0.385. The van der Waals surface area contributed by atoms with Crippen LogP contribution < -0.4 is 10.6 Å². The highest BCUT2D eigenvalue weighted by Crippen LogP contribution is 2.41. The first-order valence-electron chi connectivity index (χ1n) is 10.2. The van der Waals surface area contributed by atoms with Crippen molar-refractivity contribution in [1.82, 2.24) is 20.1 Å². The molecule has 1 atom stereocenters. The zero-order valence-electron chi connectivity index (χ0n) is 17.5. The van der Waals surface area contributed by atoms with Gasteiger partial charge in [0.2, 0.25) is 5.91 Å². The van der Waals surface area contributed by atoms with E-state index in [-0.39, 0.29) is 23.6 Å². The summed E-state index contributed by atoms with van der Waals surface area (Å²) in [5, 5.41) is 14.5. The number of aryl methyl sites for hydroxylation is 2. The van der Waals surface area contributed by atoms with Crippen molar-refractivity contribution < 1.29 is 9.59 Å². The molecule has 8 heteroatoms. The van der Waals surface area contributed by atoms with Gasteiger partial charge in [-0.1, -0.05) is 47.7 Å². The lowest BCUT2D eigenvalue weighted by Crippen LogP contribution is -2.30. The number of aromatic nitrogens is 3. The third-order valence-electron chi connectivity index (χ3n) is 5.23. The predicted molar refractivity (Wildman–Crippen MR) is 121 cm³/mol. The maximum absolute atomic E-state index is 12.9. The Morgan fingerprint density at radius 3 is 2.65 bits per heavy atom. The Hall–Kier alpha value is -3.13. The van der Waals surface area contributed by atoms with E-state index in [1.165, 1.54) is 17.3 Å². The summed E-state index contributed by atoms with van der Waals surface area (Å²) in [4.78, 5) is 25.2. The number of hydrogen-bond acceptors (Lipinski definition) is 5. The molecule has 4 rings (SSSR count). The van der Waals surface area contributed by atoms with Gasteiger partial charge in [0.25, 0.3) is 5.91 Å². The van der Waals surface area contributed by atoms with E-state index in [4.69, 9.17) is 0 Å². The Labute approximate surface area is 185 Å². The molecule has 31 heavy (non-hydrogen) atoms. The van der Waals surface area contributed by atoms with E-state index in [2.05, 4.69) is 52.0 Å². The van der Waals surface area contributed by atoms with Crippen LogP contribution in [0.2, 0.25) is 0 Å². The molecule has 160 valence electrons. The monoisotopic (exact) mass is 435 g/mol. The minimum atomic E-state index is -0.166. The topological polar surface area (TPSA) is 88.9 Å². The molecule has 1 saturated carbocycles. The molecular formula is C23H25N5O2S. The van der Waals surface area contributed by atoms with Gasteiger partial charge >= 0.3 is 0 Å². The molecule has 2 N–H and O–H groups in total. The minimum Gasteiger partial charge on any atom is -0.345 e. The second kappa shape index (κ2) is 9.34. The highest BCUT2D eigenvalue weighted by atomic mass is 32.2. The molecule has 0 bridgehead atoms. The van der Waals surface area contributed by atoms with Gasteiger partial charge in [-0.3, -0.25) is 9.59 Å². The number of carbonyl (C=O) groups excluding carboxylic acids is 2. The molecule has 0 radical (unpaired) electrons. The number of amides is 2. The normalized spacial score (nSPS) is 14.1. The largest absolute Gasteiger partial charge is 0.345 e. The van der Waals surface area contributed by atoms with E-state index < -0.39 is 0 Å². The maximum atomic E-state index is 12.9. The Morgan fingerprint density at radius 2 is 1.97 bits per heavy atom. The number of thioether (sulfide) groups is 1. The lowest BCUT2D eigenvalue weighted by Gasteiger charge is -2.19. The fourth-order valence-corrected chi connectivity index (χ4v) is 4.06. The summed E-state index contributed by atoms with van der Waals surface area (Å²) < 4.78 is 1.76. The average molecular weight is 436 g/mol. The van der Waals surface area contributed by atoms with Crippen molar-refractivity contribution in [3.8, 4) is 0 Å². The highest BCUT2D eigenvalue weighted by Gasteiger charge is 2.33. The first-order chi connectivity index (χ1) is 15.0. The van der Waals surface area contributed by atoms with Crippen molar-refractivity contribution in [1.29, 1.82) is 0 Å². The van der Waals surface area contributed by atoms with E-state index in [1.807, 2.05) is 7.05 Å². The van der Waals surface area contributed by atoms with E-state index in [0.29, 0.717) is 22.3 Å². The van der Waals surface area contributed by atoms with Gasteiger partial charge in [-0.05, 0) is 49.4 Å². The second-order valence-electron chi connectivity index (χ2n) is 7.84. The van der Waals surface area contributed by atoms with Crippen LogP contribution in [0.3, 0.4) is 0 Å². The molecule has 0 aliphatic heterocycles. The van der Waals surface area contributed by atoms with Crippen molar-refractivity contribution in [3.05, 3.63) is 71.5 Å². The standard InChI is InChI=1S/C23H25N5O2S/c1-15-6-8-16(9-7-15)21(17-10-11-17)26-22(30)18-4-3-5-19(12-18)25-20(29)13-31-23-27-24-14-28(23)2/h3-9,12,14,17,21H,10-11,13H2,1-2H3,(H,25,29)(H,26,30). The summed E-state index contributed by atoms with van der Waals surface area (Å²) in [5.41, 5.74) is 3.45. The molecule has 1 aliphatic rings. The predicted octanol–water partition coefficient (Wildman–Crippen LogP) is 3.74. The minimum absolute atomic E-state index is 0.00847. The number of nitrogens with one attached hydrogen (secondary N) is 2. The van der Waals surface area contributed by atoms with Crippen LogP contribution in [0.15, 0.2) is 60.0 Å². The number of nitrogens with zero attached hydrogens (tertiary/aromatic N) is 3. The van der Waals surface area contributed by atoms with Gasteiger partial charge in [0, 0.05) is 18.3 Å². The Balaban J connectivity index is 1.38. The van der Waals surface area contributed by atoms with Crippen LogP contribution in [0.1, 0.15) is 40.4 Å². The first-order valence-corrected chi connectivity index (χ1v) is 11.2. The molecule has 2 amide bonds. The van der Waals surface area contributed by atoms with Gasteiger partial charge in [-0.2, -0.15) is 0 Å². The molecule has 3 aromatic rings. The summed E-state index contributed by atoms with van der Waals surface area (Å²) in [6.07, 6.45) is 3.84. The van der Waals surface area contributed by atoms with Crippen molar-refractivity contribution in [2.45, 2.75) is 31.0 Å². The van der Waals surface area contributed by atoms with E-state index in [0.717, 1.165) is 18.4 Å². The summed E-state index contributed by atoms with van der Waals surface area (Å²) in [7, 11) is 1.83. The zero-order valence-corrected chi connectivity index (χ0v) is 18.4. The lowest BCUT2D eigenvalue weighted by molar-refractivity contribution is -0.113. The van der Waals surface area contributed by atoms with Gasteiger partial charge in [0.1, 0.15) is 6.33 Å². The van der Waals surface area contributed by atoms with Crippen LogP contribution >= 0.6 is 11.8 Å². The molecule has 1 unspecified atom stereocenters. The highest BCUT2D eigenvalue weighted by molar-refractivity contribution is 7.99. The van der Waals surface area contributed by atoms with Crippen LogP contribution in [-0.4, -0.2) is 32.3 Å². The summed E-state index contributed by atoms with van der Waals surface area (Å²) in [6, 6.07) is 15.4. The quantitative estimate of drug-likeness (QED) is 0.526. The molecule has 0 saturated heterocycles. The smallest absolute Gasteiger partial charge is 0.251 e. The lowest BCUT2D eigenvalue weighted by atomic mass is 10.0. The molecular weight excluding hydrogens is 410 g/mol. The number of anilines is 1. The molecule has 1 fully saturated rings. The van der Waals surface area contributed by atoms with Crippen molar-refractivity contribution >= 4 is 29.3 Å². The Bertz CT molecular complexity index is 1080. The van der Waals surface area contributed by atoms with Crippen LogP contribution in [0.25, 0.3) is 0 Å². The fraction of sp³-hybridized carbons (Fsp3) is 0.304. The number of rotatable bonds is 8. The summed E-state index contributed by atoms with van der Waals surface area (Å²) >= 11 is 1.31. The van der Waals surface area contributed by atoms with Crippen LogP contribution in [0, 0.1) is 12.8 Å². The van der Waals surface area contributed by atoms with Crippen LogP contribution in [-0.2, 0) is 11.8 Å². The van der Waals surface area contributed by atoms with E-state index >= 15 is 0 Å². The van der Waals surface area contributed by atoms with Crippen molar-refractivity contribution in [2.75, 3.05) is 11.1 Å². The van der Waals surface area contributed by atoms with Gasteiger partial charge in [0.05, 0.1) is 11.8 Å². The second-order valence-corrected chi connectivity index (χ2v) is 8.78. The number of carbonyl (C=O) groups is 2. The van der Waals surface area contributed by atoms with Gasteiger partial charge in [0.15, 0.2) is 5.16 Å². The zero-order chi connectivity index (χ0) is 21.8. The number of benzene rings is 2. The molecule has 0 spiro atoms. The Kier molecular flexibility index (Phi) is 6.36. The summed E-state index contributed by atoms with van der Waals surface area (Å²) in [6.45, 7) is 2.06.